The van der Waals surface area contributed by atoms with E-state index in [2.05, 4.69) is 15.5 Å². The number of hydrogen-bond donors (Lipinski definition) is 1. The number of halogens is 1. The summed E-state index contributed by atoms with van der Waals surface area (Å²) in [5.41, 5.74) is 0.934. The van der Waals surface area contributed by atoms with E-state index in [-0.39, 0.29) is 22.5 Å². The van der Waals surface area contributed by atoms with Gasteiger partial charge in [0.2, 0.25) is 15.9 Å². The van der Waals surface area contributed by atoms with Gasteiger partial charge in [0.05, 0.1) is 4.90 Å². The van der Waals surface area contributed by atoms with E-state index in [0.717, 1.165) is 6.42 Å². The van der Waals surface area contributed by atoms with Gasteiger partial charge >= 0.3 is 0 Å². The molecule has 1 amide bonds. The Morgan fingerprint density at radius 2 is 1.90 bits per heavy atom. The molecule has 1 unspecified atom stereocenters. The Morgan fingerprint density at radius 1 is 1.16 bits per heavy atom. The zero-order valence-electron chi connectivity index (χ0n) is 16.8. The van der Waals surface area contributed by atoms with E-state index in [9.17, 15) is 17.6 Å². The highest BCUT2D eigenvalue weighted by molar-refractivity contribution is 7.89. The number of carbonyl (C=O) groups is 1. The number of aromatic nitrogens is 2. The fourth-order valence-electron chi connectivity index (χ4n) is 3.57. The predicted molar refractivity (Wildman–Crippen MR) is 117 cm³/mol. The quantitative estimate of drug-likeness (QED) is 0.624. The van der Waals surface area contributed by atoms with Gasteiger partial charge in [0, 0.05) is 37.2 Å². The van der Waals surface area contributed by atoms with Crippen LogP contribution in [0.4, 0.5) is 10.1 Å². The van der Waals surface area contributed by atoms with Crippen LogP contribution in [0, 0.1) is 5.82 Å². The number of hydrogen-bond acceptors (Lipinski definition) is 6. The summed E-state index contributed by atoms with van der Waals surface area (Å²) in [5, 5.41) is 12.2. The monoisotopic (exact) mass is 460 g/mol. The average Bonchev–Trinajstić information content (AvgIpc) is 3.24. The molecule has 7 nitrogen and oxygen atoms in total. The van der Waals surface area contributed by atoms with Crippen molar-refractivity contribution >= 4 is 33.0 Å². The summed E-state index contributed by atoms with van der Waals surface area (Å²) in [7, 11) is -3.68. The molecule has 0 radical (unpaired) electrons. The van der Waals surface area contributed by atoms with Crippen molar-refractivity contribution in [2.24, 2.45) is 0 Å². The van der Waals surface area contributed by atoms with E-state index in [0.29, 0.717) is 40.8 Å². The minimum atomic E-state index is -3.68. The van der Waals surface area contributed by atoms with Gasteiger partial charge in [0.1, 0.15) is 10.8 Å². The Morgan fingerprint density at radius 3 is 2.61 bits per heavy atom. The van der Waals surface area contributed by atoms with Gasteiger partial charge in [-0.05, 0) is 49.2 Å². The largest absolute Gasteiger partial charge is 0.326 e. The molecule has 1 saturated heterocycles. The Balaban J connectivity index is 1.52. The molecule has 1 aliphatic heterocycles. The third-order valence-corrected chi connectivity index (χ3v) is 8.09. The molecular formula is C21H21FN4O3S2. The number of benzene rings is 2. The third kappa shape index (κ3) is 4.65. The van der Waals surface area contributed by atoms with E-state index in [1.807, 2.05) is 0 Å². The Labute approximate surface area is 184 Å². The fourth-order valence-corrected chi connectivity index (χ4v) is 6.09. The van der Waals surface area contributed by atoms with Crippen LogP contribution in [0.1, 0.15) is 30.7 Å². The van der Waals surface area contributed by atoms with Crippen molar-refractivity contribution < 1.29 is 17.6 Å². The van der Waals surface area contributed by atoms with Crippen molar-refractivity contribution in [1.82, 2.24) is 14.5 Å². The van der Waals surface area contributed by atoms with Crippen molar-refractivity contribution in [1.29, 1.82) is 0 Å². The summed E-state index contributed by atoms with van der Waals surface area (Å²) in [6, 6.07) is 12.5. The number of sulfonamides is 1. The normalized spacial score (nSPS) is 17.4. The fraction of sp³-hybridized carbons (Fsp3) is 0.286. The Kier molecular flexibility index (Phi) is 6.12. The number of anilines is 1. The van der Waals surface area contributed by atoms with Crippen molar-refractivity contribution in [2.45, 2.75) is 30.6 Å². The molecule has 1 aromatic heterocycles. The first-order valence-electron chi connectivity index (χ1n) is 9.80. The van der Waals surface area contributed by atoms with Crippen LogP contribution in [0.5, 0.6) is 0 Å². The number of nitrogens with zero attached hydrogens (tertiary/aromatic N) is 3. The maximum absolute atomic E-state index is 14.1. The SMILES string of the molecule is CC(=O)Nc1ccc(S(=O)(=O)N2CCCC(c3nnc(-c4ccccc4F)s3)C2)cc1. The summed E-state index contributed by atoms with van der Waals surface area (Å²) in [4.78, 5) is 11.3. The van der Waals surface area contributed by atoms with Gasteiger partial charge in [0.15, 0.2) is 5.01 Å². The smallest absolute Gasteiger partial charge is 0.243 e. The van der Waals surface area contributed by atoms with Gasteiger partial charge in [-0.2, -0.15) is 4.31 Å². The molecule has 0 spiro atoms. The van der Waals surface area contributed by atoms with Crippen LogP contribution < -0.4 is 5.32 Å². The maximum atomic E-state index is 14.1. The Bertz CT molecular complexity index is 1200. The topological polar surface area (TPSA) is 92.3 Å². The molecule has 1 fully saturated rings. The molecular weight excluding hydrogens is 439 g/mol. The van der Waals surface area contributed by atoms with Gasteiger partial charge in [-0.15, -0.1) is 10.2 Å². The number of amides is 1. The highest BCUT2D eigenvalue weighted by Crippen LogP contribution is 2.35. The lowest BCUT2D eigenvalue weighted by Crippen LogP contribution is -2.39. The standard InChI is InChI=1S/C21H21FN4O3S2/c1-14(27)23-16-8-10-17(11-9-16)31(28,29)26-12-4-5-15(13-26)20-24-25-21(30-20)18-6-2-3-7-19(18)22/h2-3,6-11,15H,4-5,12-13H2,1H3,(H,23,27). The molecule has 4 rings (SSSR count). The first-order chi connectivity index (χ1) is 14.8. The van der Waals surface area contributed by atoms with Crippen LogP contribution in [-0.2, 0) is 14.8 Å². The van der Waals surface area contributed by atoms with Gasteiger partial charge in [0.25, 0.3) is 0 Å². The molecule has 0 saturated carbocycles. The van der Waals surface area contributed by atoms with Crippen molar-refractivity contribution in [3.63, 3.8) is 0 Å². The van der Waals surface area contributed by atoms with E-state index >= 15 is 0 Å². The molecule has 2 aromatic carbocycles. The van der Waals surface area contributed by atoms with Gasteiger partial charge in [-0.25, -0.2) is 12.8 Å². The zero-order valence-corrected chi connectivity index (χ0v) is 18.4. The molecule has 3 aromatic rings. The maximum Gasteiger partial charge on any atom is 0.243 e. The van der Waals surface area contributed by atoms with Gasteiger partial charge in [-0.1, -0.05) is 23.5 Å². The van der Waals surface area contributed by atoms with Crippen molar-refractivity contribution in [3.05, 3.63) is 59.4 Å². The first kappa shape index (κ1) is 21.5. The molecule has 0 aliphatic carbocycles. The van der Waals surface area contributed by atoms with Crippen molar-refractivity contribution in [3.8, 4) is 10.6 Å². The minimum absolute atomic E-state index is 0.0970. The minimum Gasteiger partial charge on any atom is -0.326 e. The van der Waals surface area contributed by atoms with Crippen LogP contribution in [0.25, 0.3) is 10.6 Å². The zero-order chi connectivity index (χ0) is 22.0. The summed E-state index contributed by atoms with van der Waals surface area (Å²) in [6.07, 6.45) is 1.49. The molecule has 1 aliphatic rings. The first-order valence-corrected chi connectivity index (χ1v) is 12.1. The number of nitrogens with one attached hydrogen (secondary N) is 1. The van der Waals surface area contributed by atoms with Crippen molar-refractivity contribution in [2.75, 3.05) is 18.4 Å². The molecule has 2 heterocycles. The van der Waals surface area contributed by atoms with E-state index in [4.69, 9.17) is 0 Å². The second kappa shape index (κ2) is 8.81. The highest BCUT2D eigenvalue weighted by atomic mass is 32.2. The number of piperidine rings is 1. The lowest BCUT2D eigenvalue weighted by molar-refractivity contribution is -0.114. The molecule has 10 heteroatoms. The highest BCUT2D eigenvalue weighted by Gasteiger charge is 2.32. The number of carbonyl (C=O) groups excluding carboxylic acids is 1. The van der Waals surface area contributed by atoms with Crippen LogP contribution in [0.15, 0.2) is 53.4 Å². The van der Waals surface area contributed by atoms with E-state index in [1.165, 1.54) is 40.8 Å². The molecule has 31 heavy (non-hydrogen) atoms. The Hall–Kier alpha value is -2.69. The summed E-state index contributed by atoms with van der Waals surface area (Å²) in [5.74, 6) is -0.678. The number of rotatable bonds is 5. The second-order valence-electron chi connectivity index (χ2n) is 7.33. The molecule has 1 atom stereocenters. The molecule has 162 valence electrons. The molecule has 1 N–H and O–H groups in total. The van der Waals surface area contributed by atoms with Crippen LogP contribution in [-0.4, -0.2) is 41.9 Å². The van der Waals surface area contributed by atoms with Gasteiger partial charge < -0.3 is 5.32 Å². The average molecular weight is 461 g/mol. The summed E-state index contributed by atoms with van der Waals surface area (Å²) < 4.78 is 41.8. The molecule has 0 bridgehead atoms. The van der Waals surface area contributed by atoms with Crippen LogP contribution in [0.3, 0.4) is 0 Å². The summed E-state index contributed by atoms with van der Waals surface area (Å²) >= 11 is 1.30. The second-order valence-corrected chi connectivity index (χ2v) is 10.3. The van der Waals surface area contributed by atoms with Crippen LogP contribution in [0.2, 0.25) is 0 Å². The van der Waals surface area contributed by atoms with Crippen LogP contribution >= 0.6 is 11.3 Å². The van der Waals surface area contributed by atoms with Gasteiger partial charge in [-0.3, -0.25) is 4.79 Å². The predicted octanol–water partition coefficient (Wildman–Crippen LogP) is 3.87. The third-order valence-electron chi connectivity index (χ3n) is 5.09. The summed E-state index contributed by atoms with van der Waals surface area (Å²) in [6.45, 7) is 2.11. The van der Waals surface area contributed by atoms with E-state index in [1.54, 1.807) is 30.3 Å². The lowest BCUT2D eigenvalue weighted by atomic mass is 10.0. The van der Waals surface area contributed by atoms with E-state index < -0.39 is 10.0 Å². The lowest BCUT2D eigenvalue weighted by Gasteiger charge is -2.30.